The smallest absolute Gasteiger partial charge is 0.207 e. The minimum absolute atomic E-state index is 0.182. The molecule has 1 aliphatic rings. The molecule has 1 aliphatic carbocycles. The van der Waals surface area contributed by atoms with Crippen LogP contribution in [0.25, 0.3) is 0 Å². The maximum atomic E-state index is 13.0. The first-order valence-electron chi connectivity index (χ1n) is 5.33. The van der Waals surface area contributed by atoms with Gasteiger partial charge in [-0.25, -0.2) is 8.78 Å². The quantitative estimate of drug-likeness (QED) is 0.638. The zero-order valence-electron chi connectivity index (χ0n) is 8.90. The number of alkyl halides is 5. The molecule has 1 aromatic carbocycles. The van der Waals surface area contributed by atoms with Crippen LogP contribution in [0.4, 0.5) is 22.0 Å². The van der Waals surface area contributed by atoms with Gasteiger partial charge in [0.25, 0.3) is 0 Å². The van der Waals surface area contributed by atoms with Gasteiger partial charge >= 0.3 is 6.18 Å². The van der Waals surface area contributed by atoms with Gasteiger partial charge in [-0.15, -0.1) is 0 Å². The molecule has 0 heterocycles. The van der Waals surface area contributed by atoms with Crippen molar-refractivity contribution in [2.24, 2.45) is 0 Å². The van der Waals surface area contributed by atoms with Crippen molar-refractivity contribution in [2.75, 3.05) is 0 Å². The van der Waals surface area contributed by atoms with Gasteiger partial charge in [-0.2, -0.15) is 13.2 Å². The van der Waals surface area contributed by atoms with Crippen LogP contribution in [0.5, 0.6) is 0 Å². The van der Waals surface area contributed by atoms with Crippen LogP contribution in [0.1, 0.15) is 36.3 Å². The van der Waals surface area contributed by atoms with Crippen molar-refractivity contribution in [3.05, 3.63) is 35.4 Å². The monoisotopic (exact) mass is 250 g/mol. The third kappa shape index (κ3) is 2.76. The Labute approximate surface area is 95.4 Å². The number of halogens is 5. The van der Waals surface area contributed by atoms with Crippen LogP contribution in [0, 0.1) is 0 Å². The van der Waals surface area contributed by atoms with E-state index in [4.69, 9.17) is 0 Å². The Morgan fingerprint density at radius 1 is 1.06 bits per heavy atom. The molecule has 1 fully saturated rings. The molecule has 1 atom stereocenters. The number of hydrogen-bond donors (Lipinski definition) is 0. The molecule has 5 heteroatoms. The highest BCUT2D eigenvalue weighted by Gasteiger charge is 2.40. The summed E-state index contributed by atoms with van der Waals surface area (Å²) in [6.07, 6.45) is -4.49. The van der Waals surface area contributed by atoms with Gasteiger partial charge in [-0.05, 0) is 30.0 Å². The average molecular weight is 250 g/mol. The van der Waals surface area contributed by atoms with Gasteiger partial charge in [0.2, 0.25) is 5.92 Å². The van der Waals surface area contributed by atoms with Crippen molar-refractivity contribution in [3.63, 3.8) is 0 Å². The topological polar surface area (TPSA) is 0 Å². The van der Waals surface area contributed by atoms with Crippen molar-refractivity contribution < 1.29 is 22.0 Å². The summed E-state index contributed by atoms with van der Waals surface area (Å²) in [5.74, 6) is -3.00. The standard InChI is InChI=1S/C12H11F5/c13-11(14)6-5-9(7-11)8-1-3-10(4-2-8)12(15,16)17/h1-4,9H,5-7H2. The Kier molecular flexibility index (Phi) is 2.87. The van der Waals surface area contributed by atoms with Gasteiger partial charge in [-0.3, -0.25) is 0 Å². The zero-order valence-corrected chi connectivity index (χ0v) is 8.90. The fourth-order valence-electron chi connectivity index (χ4n) is 2.18. The summed E-state index contributed by atoms with van der Waals surface area (Å²) in [5, 5.41) is 0. The van der Waals surface area contributed by atoms with E-state index in [9.17, 15) is 22.0 Å². The summed E-state index contributed by atoms with van der Waals surface area (Å²) in [6, 6.07) is 4.50. The van der Waals surface area contributed by atoms with Gasteiger partial charge in [0.15, 0.2) is 0 Å². The SMILES string of the molecule is FC1(F)CCC(c2ccc(C(F)(F)F)cc2)C1. The molecular formula is C12H11F5. The highest BCUT2D eigenvalue weighted by atomic mass is 19.4. The van der Waals surface area contributed by atoms with Gasteiger partial charge < -0.3 is 0 Å². The fraction of sp³-hybridized carbons (Fsp3) is 0.500. The van der Waals surface area contributed by atoms with Crippen molar-refractivity contribution in [2.45, 2.75) is 37.3 Å². The Hall–Kier alpha value is -1.13. The highest BCUT2D eigenvalue weighted by molar-refractivity contribution is 5.28. The van der Waals surface area contributed by atoms with Crippen LogP contribution < -0.4 is 0 Å². The van der Waals surface area contributed by atoms with Crippen molar-refractivity contribution in [1.29, 1.82) is 0 Å². The fourth-order valence-corrected chi connectivity index (χ4v) is 2.18. The molecule has 0 nitrogen and oxygen atoms in total. The van der Waals surface area contributed by atoms with Crippen molar-refractivity contribution in [1.82, 2.24) is 0 Å². The summed E-state index contributed by atoms with van der Waals surface area (Å²) < 4.78 is 62.8. The molecule has 0 amide bonds. The third-order valence-corrected chi connectivity index (χ3v) is 3.11. The Balaban J connectivity index is 2.14. The van der Waals surface area contributed by atoms with Crippen LogP contribution in [0.2, 0.25) is 0 Å². The van der Waals surface area contributed by atoms with E-state index in [0.29, 0.717) is 12.0 Å². The Morgan fingerprint density at radius 2 is 1.65 bits per heavy atom. The molecule has 0 aromatic heterocycles. The first kappa shape index (κ1) is 12.3. The number of rotatable bonds is 1. The first-order chi connectivity index (χ1) is 7.78. The summed E-state index contributed by atoms with van der Waals surface area (Å²) in [6.45, 7) is 0. The van der Waals surface area contributed by atoms with Crippen LogP contribution in [0.15, 0.2) is 24.3 Å². The van der Waals surface area contributed by atoms with Gasteiger partial charge in [-0.1, -0.05) is 12.1 Å². The van der Waals surface area contributed by atoms with E-state index >= 15 is 0 Å². The molecule has 1 unspecified atom stereocenters. The average Bonchev–Trinajstić information content (AvgIpc) is 2.58. The normalized spacial score (nSPS) is 23.9. The van der Waals surface area contributed by atoms with Gasteiger partial charge in [0, 0.05) is 12.8 Å². The summed E-state index contributed by atoms with van der Waals surface area (Å²) in [4.78, 5) is 0. The van der Waals surface area contributed by atoms with Gasteiger partial charge in [0.1, 0.15) is 0 Å². The van der Waals surface area contributed by atoms with Crippen molar-refractivity contribution in [3.8, 4) is 0 Å². The number of hydrogen-bond acceptors (Lipinski definition) is 0. The largest absolute Gasteiger partial charge is 0.416 e. The van der Waals surface area contributed by atoms with E-state index in [1.807, 2.05) is 0 Å². The lowest BCUT2D eigenvalue weighted by Gasteiger charge is -2.12. The van der Waals surface area contributed by atoms with E-state index in [1.165, 1.54) is 12.1 Å². The molecule has 17 heavy (non-hydrogen) atoms. The predicted octanol–water partition coefficient (Wildman–Crippen LogP) is 4.61. The summed E-state index contributed by atoms with van der Waals surface area (Å²) in [7, 11) is 0. The minimum atomic E-state index is -4.38. The van der Waals surface area contributed by atoms with Gasteiger partial charge in [0.05, 0.1) is 5.56 Å². The molecule has 0 bridgehead atoms. The molecule has 1 aromatic rings. The molecule has 0 aliphatic heterocycles. The lowest BCUT2D eigenvalue weighted by molar-refractivity contribution is -0.137. The van der Waals surface area contributed by atoms with Crippen molar-refractivity contribution >= 4 is 0 Å². The van der Waals surface area contributed by atoms with Crippen LogP contribution in [0.3, 0.4) is 0 Å². The second kappa shape index (κ2) is 3.96. The maximum Gasteiger partial charge on any atom is 0.416 e. The van der Waals surface area contributed by atoms with E-state index < -0.39 is 17.7 Å². The second-order valence-corrected chi connectivity index (χ2v) is 4.42. The zero-order chi connectivity index (χ0) is 12.7. The molecular weight excluding hydrogens is 239 g/mol. The Morgan fingerprint density at radius 3 is 2.06 bits per heavy atom. The predicted molar refractivity (Wildman–Crippen MR) is 53.0 cm³/mol. The molecule has 1 saturated carbocycles. The second-order valence-electron chi connectivity index (χ2n) is 4.42. The molecule has 94 valence electrons. The van der Waals surface area contributed by atoms with Crippen LogP contribution in [-0.4, -0.2) is 5.92 Å². The molecule has 0 spiro atoms. The van der Waals surface area contributed by atoms with E-state index in [0.717, 1.165) is 12.1 Å². The lowest BCUT2D eigenvalue weighted by atomic mass is 9.96. The molecule has 0 radical (unpaired) electrons. The minimum Gasteiger partial charge on any atom is -0.207 e. The van der Waals surface area contributed by atoms with Crippen LogP contribution >= 0.6 is 0 Å². The molecule has 0 saturated heterocycles. The van der Waals surface area contributed by atoms with E-state index in [2.05, 4.69) is 0 Å². The number of benzene rings is 1. The van der Waals surface area contributed by atoms with Crippen LogP contribution in [-0.2, 0) is 6.18 Å². The van der Waals surface area contributed by atoms with E-state index in [1.54, 1.807) is 0 Å². The molecule has 2 rings (SSSR count). The maximum absolute atomic E-state index is 13.0. The molecule has 0 N–H and O–H groups in total. The summed E-state index contributed by atoms with van der Waals surface area (Å²) >= 11 is 0. The first-order valence-corrected chi connectivity index (χ1v) is 5.33. The lowest BCUT2D eigenvalue weighted by Crippen LogP contribution is -2.09. The third-order valence-electron chi connectivity index (χ3n) is 3.11. The summed E-state index contributed by atoms with van der Waals surface area (Å²) in [5.41, 5.74) is -0.179. The Bertz CT molecular complexity index is 390. The highest BCUT2D eigenvalue weighted by Crippen LogP contribution is 2.44. The van der Waals surface area contributed by atoms with E-state index in [-0.39, 0.29) is 18.8 Å².